The van der Waals surface area contributed by atoms with Crippen LogP contribution in [0.15, 0.2) is 36.2 Å². The van der Waals surface area contributed by atoms with E-state index in [1.807, 2.05) is 6.20 Å². The van der Waals surface area contributed by atoms with Gasteiger partial charge in [0.15, 0.2) is 0 Å². The first-order chi connectivity index (χ1) is 13.1. The van der Waals surface area contributed by atoms with Crippen molar-refractivity contribution < 1.29 is 4.79 Å². The summed E-state index contributed by atoms with van der Waals surface area (Å²) in [6.07, 6.45) is 15.6. The lowest BCUT2D eigenvalue weighted by atomic mass is 9.85. The molecule has 3 aliphatic rings. The number of fused-ring (bicyclic) bond motifs is 1. The summed E-state index contributed by atoms with van der Waals surface area (Å²) < 4.78 is 3.01. The molecule has 2 aromatic rings. The molecule has 2 aliphatic heterocycles. The average Bonchev–Trinajstić information content (AvgIpc) is 3.09. The minimum atomic E-state index is -0.159. The fourth-order valence-corrected chi connectivity index (χ4v) is 4.72. The van der Waals surface area contributed by atoms with Crippen LogP contribution in [0.25, 0.3) is 0 Å². The van der Waals surface area contributed by atoms with Crippen LogP contribution in [0.2, 0.25) is 0 Å². The molecule has 27 heavy (non-hydrogen) atoms. The number of imidazole rings is 2. The molecule has 4 heterocycles. The minimum Gasteiger partial charge on any atom is -0.352 e. The Morgan fingerprint density at radius 1 is 1.19 bits per heavy atom. The molecule has 7 heteroatoms. The van der Waals surface area contributed by atoms with E-state index in [-0.39, 0.29) is 12.1 Å². The van der Waals surface area contributed by atoms with E-state index < -0.39 is 0 Å². The zero-order valence-corrected chi connectivity index (χ0v) is 15.8. The summed E-state index contributed by atoms with van der Waals surface area (Å²) >= 11 is 0. The van der Waals surface area contributed by atoms with Crippen LogP contribution in [0.4, 0.5) is 4.79 Å². The van der Waals surface area contributed by atoms with Gasteiger partial charge < -0.3 is 4.90 Å². The van der Waals surface area contributed by atoms with Crippen LogP contribution in [-0.4, -0.2) is 49.0 Å². The number of rotatable bonds is 2. The first-order valence-electron chi connectivity index (χ1n) is 10.0. The minimum absolute atomic E-state index is 0.159. The Morgan fingerprint density at radius 3 is 2.85 bits per heavy atom. The lowest BCUT2D eigenvalue weighted by Gasteiger charge is -2.35. The van der Waals surface area contributed by atoms with Crippen molar-refractivity contribution in [3.63, 3.8) is 0 Å². The third-order valence-corrected chi connectivity index (χ3v) is 6.75. The van der Waals surface area contributed by atoms with E-state index in [9.17, 15) is 4.79 Å². The van der Waals surface area contributed by atoms with Crippen molar-refractivity contribution in [2.45, 2.75) is 51.5 Å². The molecule has 1 aliphatic carbocycles. The molecule has 0 aromatic carbocycles. The maximum atomic E-state index is 12.5. The molecule has 0 amide bonds. The highest BCUT2D eigenvalue weighted by Crippen LogP contribution is 2.55. The second-order valence-electron chi connectivity index (χ2n) is 8.43. The number of hydrogen-bond acceptors (Lipinski definition) is 5. The Bertz CT molecular complexity index is 863. The maximum Gasteiger partial charge on any atom is 0.338 e. The van der Waals surface area contributed by atoms with Crippen molar-refractivity contribution in [1.82, 2.24) is 24.0 Å². The Kier molecular flexibility index (Phi) is 3.91. The summed E-state index contributed by atoms with van der Waals surface area (Å²) in [6.45, 7) is 4.34. The highest BCUT2D eigenvalue weighted by molar-refractivity contribution is 5.83. The van der Waals surface area contributed by atoms with Crippen molar-refractivity contribution in [3.05, 3.63) is 36.9 Å². The zero-order valence-electron chi connectivity index (χ0n) is 15.8. The molecule has 0 bridgehead atoms. The van der Waals surface area contributed by atoms with Gasteiger partial charge in [0.25, 0.3) is 0 Å². The molecular formula is C20H26N6O. The first kappa shape index (κ1) is 16.7. The molecule has 2 fully saturated rings. The second-order valence-corrected chi connectivity index (χ2v) is 8.43. The lowest BCUT2D eigenvalue weighted by Crippen LogP contribution is -2.38. The topological polar surface area (TPSA) is 68.3 Å². The highest BCUT2D eigenvalue weighted by atomic mass is 16.2. The number of amidine groups is 1. The van der Waals surface area contributed by atoms with Gasteiger partial charge in [0.2, 0.25) is 0 Å². The van der Waals surface area contributed by atoms with Crippen LogP contribution in [0.3, 0.4) is 0 Å². The van der Waals surface area contributed by atoms with Crippen LogP contribution < -0.4 is 0 Å². The first-order valence-corrected chi connectivity index (χ1v) is 10.0. The van der Waals surface area contributed by atoms with E-state index in [1.54, 1.807) is 23.3 Å². The normalized spacial score (nSPS) is 26.9. The van der Waals surface area contributed by atoms with Crippen LogP contribution in [0, 0.1) is 11.3 Å². The molecule has 2 atom stereocenters. The summed E-state index contributed by atoms with van der Waals surface area (Å²) in [7, 11) is 0. The van der Waals surface area contributed by atoms with Crippen molar-refractivity contribution in [1.29, 1.82) is 0 Å². The molecule has 2 unspecified atom stereocenters. The number of aromatic nitrogens is 4. The van der Waals surface area contributed by atoms with Gasteiger partial charge in [-0.2, -0.15) is 0 Å². The van der Waals surface area contributed by atoms with Gasteiger partial charge in [-0.1, -0.05) is 6.92 Å². The molecule has 0 spiro atoms. The van der Waals surface area contributed by atoms with E-state index >= 15 is 0 Å². The molecule has 0 N–H and O–H groups in total. The maximum absolute atomic E-state index is 12.5. The Labute approximate surface area is 159 Å². The monoisotopic (exact) mass is 366 g/mol. The van der Waals surface area contributed by atoms with Gasteiger partial charge in [-0.25, -0.2) is 14.8 Å². The van der Waals surface area contributed by atoms with Gasteiger partial charge >= 0.3 is 6.03 Å². The third kappa shape index (κ3) is 2.99. The van der Waals surface area contributed by atoms with Crippen molar-refractivity contribution >= 4 is 11.9 Å². The Balaban J connectivity index is 1.36. The van der Waals surface area contributed by atoms with Crippen LogP contribution in [-0.2, 0) is 0 Å². The fourth-order valence-electron chi connectivity index (χ4n) is 4.72. The van der Waals surface area contributed by atoms with E-state index in [0.717, 1.165) is 37.5 Å². The summed E-state index contributed by atoms with van der Waals surface area (Å²) in [5.74, 6) is 2.06. The largest absolute Gasteiger partial charge is 0.352 e. The standard InChI is InChI=1S/C20H26N6O/c1-20(6-7-20)15-2-3-18-22-8-4-17(26(18)10-5-15)16-12-25(14-23-16)19(27)24-11-9-21-13-24/h9,11-15,17H,2-8,10H2,1H3. The Hall–Kier alpha value is -2.44. The molecule has 7 nitrogen and oxygen atoms in total. The lowest BCUT2D eigenvalue weighted by molar-refractivity contribution is 0.242. The van der Waals surface area contributed by atoms with E-state index in [2.05, 4.69) is 21.8 Å². The summed E-state index contributed by atoms with van der Waals surface area (Å²) in [5.41, 5.74) is 1.54. The zero-order chi connectivity index (χ0) is 18.4. The van der Waals surface area contributed by atoms with Crippen molar-refractivity contribution in [2.24, 2.45) is 16.3 Å². The van der Waals surface area contributed by atoms with Crippen molar-refractivity contribution in [3.8, 4) is 0 Å². The SMILES string of the molecule is CC1(C2CCC3=NCCC(c4cn(C(=O)n5ccnc5)cn4)N3CC2)CC1. The van der Waals surface area contributed by atoms with Gasteiger partial charge in [-0.05, 0) is 43.4 Å². The molecule has 142 valence electrons. The van der Waals surface area contributed by atoms with Gasteiger partial charge in [0.05, 0.1) is 17.6 Å². The van der Waals surface area contributed by atoms with Gasteiger partial charge in [0.1, 0.15) is 12.7 Å². The molecule has 1 saturated carbocycles. The van der Waals surface area contributed by atoms with Crippen LogP contribution in [0.1, 0.15) is 57.2 Å². The van der Waals surface area contributed by atoms with Gasteiger partial charge in [-0.15, -0.1) is 0 Å². The number of carbonyl (C=O) groups is 1. The number of aliphatic imine (C=N–C) groups is 1. The van der Waals surface area contributed by atoms with Gasteiger partial charge in [-0.3, -0.25) is 14.1 Å². The fraction of sp³-hybridized carbons (Fsp3) is 0.600. The van der Waals surface area contributed by atoms with Crippen molar-refractivity contribution in [2.75, 3.05) is 13.1 Å². The van der Waals surface area contributed by atoms with E-state index in [1.165, 1.54) is 42.4 Å². The molecule has 2 aromatic heterocycles. The number of hydrogen-bond donors (Lipinski definition) is 0. The predicted octanol–water partition coefficient (Wildman–Crippen LogP) is 3.34. The van der Waals surface area contributed by atoms with Gasteiger partial charge in [0, 0.05) is 38.1 Å². The molecule has 0 radical (unpaired) electrons. The molecule has 5 rings (SSSR count). The molecule has 1 saturated heterocycles. The highest BCUT2D eigenvalue weighted by Gasteiger charge is 2.45. The quantitative estimate of drug-likeness (QED) is 0.817. The number of nitrogens with zero attached hydrogens (tertiary/aromatic N) is 6. The van der Waals surface area contributed by atoms with Crippen LogP contribution >= 0.6 is 0 Å². The summed E-state index contributed by atoms with van der Waals surface area (Å²) in [4.78, 5) is 28.3. The summed E-state index contributed by atoms with van der Waals surface area (Å²) in [5, 5.41) is 0. The molecular weight excluding hydrogens is 340 g/mol. The van der Waals surface area contributed by atoms with Crippen LogP contribution in [0.5, 0.6) is 0 Å². The summed E-state index contributed by atoms with van der Waals surface area (Å²) in [6, 6.07) is 0.0636. The van der Waals surface area contributed by atoms with E-state index in [0.29, 0.717) is 5.41 Å². The predicted molar refractivity (Wildman–Crippen MR) is 102 cm³/mol. The third-order valence-electron chi connectivity index (χ3n) is 6.75. The second kappa shape index (κ2) is 6.32. The average molecular weight is 366 g/mol. The van der Waals surface area contributed by atoms with E-state index in [4.69, 9.17) is 4.99 Å². The number of carbonyl (C=O) groups excluding carboxylic acids is 1. The smallest absolute Gasteiger partial charge is 0.338 e. The Morgan fingerprint density at radius 2 is 2.07 bits per heavy atom.